The summed E-state index contributed by atoms with van der Waals surface area (Å²) >= 11 is 0. The minimum Gasteiger partial charge on any atom is -0.267 e. The lowest BCUT2D eigenvalue weighted by Gasteiger charge is -2.08. The molecule has 3 aromatic rings. The van der Waals surface area contributed by atoms with Crippen LogP contribution in [0.1, 0.15) is 45.1 Å². The van der Waals surface area contributed by atoms with E-state index in [4.69, 9.17) is 0 Å². The van der Waals surface area contributed by atoms with Crippen LogP contribution in [0.5, 0.6) is 0 Å². The molecule has 3 heteroatoms. The summed E-state index contributed by atoms with van der Waals surface area (Å²) in [6.07, 6.45) is 0.946. The molecule has 0 aromatic heterocycles. The first kappa shape index (κ1) is 17.2. The van der Waals surface area contributed by atoms with E-state index in [0.29, 0.717) is 5.56 Å². The van der Waals surface area contributed by atoms with Crippen LogP contribution in [-0.2, 0) is 6.42 Å². The largest absolute Gasteiger partial charge is 0.271 e. The number of rotatable bonds is 3. The molecule has 0 aliphatic heterocycles. The van der Waals surface area contributed by atoms with Crippen molar-refractivity contribution in [1.82, 2.24) is 5.43 Å². The van der Waals surface area contributed by atoms with Gasteiger partial charge in [-0.15, -0.1) is 0 Å². The lowest BCUT2D eigenvalue weighted by atomic mass is 10.0. The third-order valence-corrected chi connectivity index (χ3v) is 5.16. The quantitative estimate of drug-likeness (QED) is 0.407. The number of nitrogens with zero attached hydrogens (tertiary/aromatic N) is 1. The van der Waals surface area contributed by atoms with Crippen LogP contribution in [0.4, 0.5) is 0 Å². The summed E-state index contributed by atoms with van der Waals surface area (Å²) in [7, 11) is 0. The van der Waals surface area contributed by atoms with Gasteiger partial charge >= 0.3 is 0 Å². The maximum Gasteiger partial charge on any atom is 0.271 e. The number of fused-ring (bicyclic) bond motifs is 3. The fourth-order valence-corrected chi connectivity index (χ4v) is 3.70. The Hall–Kier alpha value is -3.20. The highest BCUT2D eigenvalue weighted by Crippen LogP contribution is 2.36. The maximum atomic E-state index is 12.4. The molecule has 3 nitrogen and oxygen atoms in total. The molecule has 0 fully saturated rings. The van der Waals surface area contributed by atoms with E-state index in [1.165, 1.54) is 22.3 Å². The molecule has 0 saturated carbocycles. The molecule has 0 radical (unpaired) electrons. The van der Waals surface area contributed by atoms with Crippen molar-refractivity contribution in [3.05, 3.63) is 94.0 Å². The Morgan fingerprint density at radius 3 is 2.52 bits per heavy atom. The van der Waals surface area contributed by atoms with Gasteiger partial charge in [0.25, 0.3) is 5.91 Å². The third kappa shape index (κ3) is 3.28. The molecule has 1 aliphatic rings. The Morgan fingerprint density at radius 1 is 0.926 bits per heavy atom. The van der Waals surface area contributed by atoms with Gasteiger partial charge in [-0.25, -0.2) is 5.43 Å². The summed E-state index contributed by atoms with van der Waals surface area (Å²) in [5, 5.41) is 4.33. The number of hydrogen-bond acceptors (Lipinski definition) is 2. The number of nitrogens with one attached hydrogen (secondary N) is 1. The van der Waals surface area contributed by atoms with Gasteiger partial charge in [0.15, 0.2) is 0 Å². The highest BCUT2D eigenvalue weighted by atomic mass is 16.2. The van der Waals surface area contributed by atoms with Gasteiger partial charge in [-0.1, -0.05) is 54.1 Å². The van der Waals surface area contributed by atoms with Gasteiger partial charge in [0, 0.05) is 5.56 Å². The lowest BCUT2D eigenvalue weighted by Crippen LogP contribution is -2.20. The van der Waals surface area contributed by atoms with Crippen molar-refractivity contribution in [3.63, 3.8) is 0 Å². The molecule has 0 atom stereocenters. The van der Waals surface area contributed by atoms with Gasteiger partial charge in [-0.2, -0.15) is 5.10 Å². The van der Waals surface area contributed by atoms with E-state index in [0.717, 1.165) is 28.8 Å². The average molecular weight is 354 g/mol. The molecule has 0 heterocycles. The number of hydrogen-bond donors (Lipinski definition) is 1. The first-order valence-electron chi connectivity index (χ1n) is 9.16. The normalized spacial score (nSPS) is 12.5. The molecule has 0 spiro atoms. The molecule has 134 valence electrons. The zero-order chi connectivity index (χ0) is 19.0. The topological polar surface area (TPSA) is 41.5 Å². The van der Waals surface area contributed by atoms with Crippen LogP contribution in [0.3, 0.4) is 0 Å². The molecule has 1 aliphatic carbocycles. The van der Waals surface area contributed by atoms with Crippen LogP contribution in [0.2, 0.25) is 0 Å². The van der Waals surface area contributed by atoms with E-state index < -0.39 is 0 Å². The molecule has 0 saturated heterocycles. The first-order chi connectivity index (χ1) is 13.0. The Morgan fingerprint density at radius 2 is 1.70 bits per heavy atom. The second-order valence-corrected chi connectivity index (χ2v) is 7.16. The Balaban J connectivity index is 1.54. The number of aryl methyl sites for hydroxylation is 2. The van der Waals surface area contributed by atoms with E-state index in [1.807, 2.05) is 39.0 Å². The van der Waals surface area contributed by atoms with Crippen LogP contribution < -0.4 is 5.43 Å². The zero-order valence-electron chi connectivity index (χ0n) is 15.8. The number of carbonyl (C=O) groups is 1. The molecule has 1 amide bonds. The SMILES string of the molecule is CC(=NNC(=O)c1ccc(C)cc1C)c1ccc2c(c1)Cc1ccccc1-2. The summed E-state index contributed by atoms with van der Waals surface area (Å²) in [4.78, 5) is 12.4. The highest BCUT2D eigenvalue weighted by Gasteiger charge is 2.18. The lowest BCUT2D eigenvalue weighted by molar-refractivity contribution is 0.0954. The summed E-state index contributed by atoms with van der Waals surface area (Å²) in [6.45, 7) is 5.88. The number of carbonyl (C=O) groups excluding carboxylic acids is 1. The van der Waals surface area contributed by atoms with Crippen molar-refractivity contribution in [2.45, 2.75) is 27.2 Å². The number of benzene rings is 3. The minimum atomic E-state index is -0.180. The molecular weight excluding hydrogens is 332 g/mol. The van der Waals surface area contributed by atoms with Crippen LogP contribution in [0.25, 0.3) is 11.1 Å². The number of amides is 1. The Labute approximate surface area is 159 Å². The van der Waals surface area contributed by atoms with E-state index in [2.05, 4.69) is 53.0 Å². The molecule has 27 heavy (non-hydrogen) atoms. The molecule has 0 bridgehead atoms. The molecule has 0 unspecified atom stereocenters. The fraction of sp³-hybridized carbons (Fsp3) is 0.167. The average Bonchev–Trinajstić information content (AvgIpc) is 3.03. The van der Waals surface area contributed by atoms with Crippen LogP contribution in [0.15, 0.2) is 65.8 Å². The molecular formula is C24H22N2O. The summed E-state index contributed by atoms with van der Waals surface area (Å²) < 4.78 is 0. The fourth-order valence-electron chi connectivity index (χ4n) is 3.70. The monoisotopic (exact) mass is 354 g/mol. The maximum absolute atomic E-state index is 12.4. The summed E-state index contributed by atoms with van der Waals surface area (Å²) in [5.74, 6) is -0.180. The van der Waals surface area contributed by atoms with Crippen molar-refractivity contribution in [3.8, 4) is 11.1 Å². The molecule has 1 N–H and O–H groups in total. The predicted octanol–water partition coefficient (Wildman–Crippen LogP) is 5.03. The Bertz CT molecular complexity index is 1080. The molecule has 3 aromatic carbocycles. The van der Waals surface area contributed by atoms with Crippen LogP contribution >= 0.6 is 0 Å². The van der Waals surface area contributed by atoms with E-state index >= 15 is 0 Å². The van der Waals surface area contributed by atoms with Gasteiger partial charge in [0.2, 0.25) is 0 Å². The number of hydrazone groups is 1. The van der Waals surface area contributed by atoms with E-state index in [-0.39, 0.29) is 5.91 Å². The predicted molar refractivity (Wildman–Crippen MR) is 110 cm³/mol. The van der Waals surface area contributed by atoms with E-state index in [9.17, 15) is 4.79 Å². The standard InChI is InChI=1S/C24H22N2O/c1-15-8-10-21(16(2)12-15)24(27)26-25-17(3)18-9-11-23-20(13-18)14-19-6-4-5-7-22(19)23/h4-13H,14H2,1-3H3,(H,26,27). The van der Waals surface area contributed by atoms with Gasteiger partial charge in [-0.3, -0.25) is 4.79 Å². The second-order valence-electron chi connectivity index (χ2n) is 7.16. The van der Waals surface area contributed by atoms with Crippen molar-refractivity contribution in [1.29, 1.82) is 0 Å². The van der Waals surface area contributed by atoms with Gasteiger partial charge < -0.3 is 0 Å². The van der Waals surface area contributed by atoms with E-state index in [1.54, 1.807) is 0 Å². The van der Waals surface area contributed by atoms with Crippen molar-refractivity contribution < 1.29 is 4.79 Å². The summed E-state index contributed by atoms with van der Waals surface area (Å²) in [5.41, 5.74) is 12.6. The van der Waals surface area contributed by atoms with Crippen LogP contribution in [0, 0.1) is 13.8 Å². The van der Waals surface area contributed by atoms with Crippen molar-refractivity contribution in [2.24, 2.45) is 5.10 Å². The second kappa shape index (κ2) is 6.84. The minimum absolute atomic E-state index is 0.180. The van der Waals surface area contributed by atoms with Crippen molar-refractivity contribution in [2.75, 3.05) is 0 Å². The zero-order valence-corrected chi connectivity index (χ0v) is 15.8. The van der Waals surface area contributed by atoms with Gasteiger partial charge in [0.05, 0.1) is 5.71 Å². The Kier molecular flexibility index (Phi) is 4.36. The molecule has 4 rings (SSSR count). The van der Waals surface area contributed by atoms with Crippen molar-refractivity contribution >= 4 is 11.6 Å². The van der Waals surface area contributed by atoms with Gasteiger partial charge in [-0.05, 0) is 72.7 Å². The smallest absolute Gasteiger partial charge is 0.267 e. The van der Waals surface area contributed by atoms with Crippen LogP contribution in [-0.4, -0.2) is 11.6 Å². The third-order valence-electron chi connectivity index (χ3n) is 5.16. The highest BCUT2D eigenvalue weighted by molar-refractivity contribution is 6.02. The first-order valence-corrected chi connectivity index (χ1v) is 9.16. The van der Waals surface area contributed by atoms with Gasteiger partial charge in [0.1, 0.15) is 0 Å². The summed E-state index contributed by atoms with van der Waals surface area (Å²) in [6, 6.07) is 20.7.